The number of pyridine rings is 1. The molecule has 1 aromatic heterocycles. The highest BCUT2D eigenvalue weighted by Gasteiger charge is 2.25. The maximum atomic E-state index is 11.1. The van der Waals surface area contributed by atoms with Gasteiger partial charge in [0.15, 0.2) is 0 Å². The van der Waals surface area contributed by atoms with Gasteiger partial charge < -0.3 is 15.1 Å². The molecule has 1 aliphatic heterocycles. The van der Waals surface area contributed by atoms with Crippen molar-refractivity contribution in [3.05, 3.63) is 24.0 Å². The Morgan fingerprint density at radius 3 is 3.12 bits per heavy atom. The van der Waals surface area contributed by atoms with Crippen molar-refractivity contribution in [1.82, 2.24) is 4.98 Å². The summed E-state index contributed by atoms with van der Waals surface area (Å²) in [4.78, 5) is 17.0. The zero-order valence-corrected chi connectivity index (χ0v) is 9.54. The molecule has 0 aromatic carbocycles. The fraction of sp³-hybridized carbons (Fsp3) is 0.500. The van der Waals surface area contributed by atoms with Crippen LogP contribution in [0.4, 0.5) is 5.69 Å². The van der Waals surface area contributed by atoms with E-state index in [1.807, 2.05) is 0 Å². The van der Waals surface area contributed by atoms with Gasteiger partial charge in [0.1, 0.15) is 5.56 Å². The molecular formula is C12H16N2O3. The summed E-state index contributed by atoms with van der Waals surface area (Å²) in [5.74, 6) is -0.492. The number of nitrogens with zero attached hydrogens (tertiary/aromatic N) is 2. The molecule has 0 spiro atoms. The molecule has 1 atom stereocenters. The molecule has 2 heterocycles. The van der Waals surface area contributed by atoms with Crippen LogP contribution in [0.25, 0.3) is 0 Å². The number of aromatic nitrogens is 1. The van der Waals surface area contributed by atoms with Crippen molar-refractivity contribution in [3.8, 4) is 0 Å². The van der Waals surface area contributed by atoms with Crippen LogP contribution >= 0.6 is 0 Å². The van der Waals surface area contributed by atoms with Gasteiger partial charge in [0.2, 0.25) is 0 Å². The van der Waals surface area contributed by atoms with Crippen LogP contribution in [0.2, 0.25) is 0 Å². The van der Waals surface area contributed by atoms with Gasteiger partial charge in [-0.05, 0) is 24.8 Å². The number of anilines is 1. The molecule has 1 unspecified atom stereocenters. The molecule has 5 heteroatoms. The summed E-state index contributed by atoms with van der Waals surface area (Å²) in [6.45, 7) is 1.85. The lowest BCUT2D eigenvalue weighted by atomic mass is 10.1. The highest BCUT2D eigenvalue weighted by atomic mass is 16.4. The van der Waals surface area contributed by atoms with Gasteiger partial charge >= 0.3 is 5.97 Å². The van der Waals surface area contributed by atoms with Gasteiger partial charge in [-0.15, -0.1) is 0 Å². The summed E-state index contributed by atoms with van der Waals surface area (Å²) < 4.78 is 0. The first-order valence-electron chi connectivity index (χ1n) is 5.75. The van der Waals surface area contributed by atoms with E-state index >= 15 is 0 Å². The standard InChI is InChI=1S/C12H16N2O3/c15-6-3-9-2-5-14(8-9)11-1-4-13-7-10(11)12(16)17/h1,4,7,9,15H,2-3,5-6,8H2,(H,16,17). The number of carboxylic acid groups (broad SMARTS) is 1. The predicted octanol–water partition coefficient (Wildman–Crippen LogP) is 0.988. The maximum absolute atomic E-state index is 11.1. The summed E-state index contributed by atoms with van der Waals surface area (Å²) in [5, 5.41) is 18.0. The number of rotatable bonds is 4. The number of hydrogen-bond acceptors (Lipinski definition) is 4. The summed E-state index contributed by atoms with van der Waals surface area (Å²) >= 11 is 0. The van der Waals surface area contributed by atoms with E-state index in [0.717, 1.165) is 31.6 Å². The third-order valence-corrected chi connectivity index (χ3v) is 3.19. The summed E-state index contributed by atoms with van der Waals surface area (Å²) in [6.07, 6.45) is 4.78. The Balaban J connectivity index is 2.16. The Hall–Kier alpha value is -1.62. The molecule has 0 radical (unpaired) electrons. The molecule has 0 amide bonds. The van der Waals surface area contributed by atoms with Gasteiger partial charge in [-0.25, -0.2) is 4.79 Å². The fourth-order valence-electron chi connectivity index (χ4n) is 2.30. The number of hydrogen-bond donors (Lipinski definition) is 2. The van der Waals surface area contributed by atoms with Gasteiger partial charge in [0.05, 0.1) is 5.69 Å². The summed E-state index contributed by atoms with van der Waals surface area (Å²) in [6, 6.07) is 1.74. The highest BCUT2D eigenvalue weighted by molar-refractivity contribution is 5.94. The average Bonchev–Trinajstić information content (AvgIpc) is 2.78. The van der Waals surface area contributed by atoms with Crippen LogP contribution in [0, 0.1) is 5.92 Å². The minimum atomic E-state index is -0.946. The second-order valence-electron chi connectivity index (χ2n) is 4.31. The monoisotopic (exact) mass is 236 g/mol. The lowest BCUT2D eigenvalue weighted by Crippen LogP contribution is -2.22. The Morgan fingerprint density at radius 1 is 1.59 bits per heavy atom. The van der Waals surface area contributed by atoms with Gasteiger partial charge in [-0.2, -0.15) is 0 Å². The molecule has 5 nitrogen and oxygen atoms in total. The average molecular weight is 236 g/mol. The van der Waals surface area contributed by atoms with Gasteiger partial charge in [0, 0.05) is 32.1 Å². The molecule has 92 valence electrons. The molecule has 1 fully saturated rings. The van der Waals surface area contributed by atoms with Crippen molar-refractivity contribution >= 4 is 11.7 Å². The molecular weight excluding hydrogens is 220 g/mol. The van der Waals surface area contributed by atoms with Gasteiger partial charge in [-0.3, -0.25) is 4.98 Å². The first-order chi connectivity index (χ1) is 8.22. The van der Waals surface area contributed by atoms with Crippen LogP contribution < -0.4 is 4.90 Å². The molecule has 0 bridgehead atoms. The molecule has 1 saturated heterocycles. The van der Waals surface area contributed by atoms with Crippen molar-refractivity contribution in [3.63, 3.8) is 0 Å². The maximum Gasteiger partial charge on any atom is 0.339 e. The second kappa shape index (κ2) is 5.14. The van der Waals surface area contributed by atoms with E-state index in [1.54, 1.807) is 12.3 Å². The number of aliphatic hydroxyl groups excluding tert-OH is 1. The third-order valence-electron chi connectivity index (χ3n) is 3.19. The lowest BCUT2D eigenvalue weighted by Gasteiger charge is -2.20. The van der Waals surface area contributed by atoms with Crippen LogP contribution in [-0.2, 0) is 0 Å². The van der Waals surface area contributed by atoms with E-state index in [-0.39, 0.29) is 12.2 Å². The number of carbonyl (C=O) groups is 1. The second-order valence-corrected chi connectivity index (χ2v) is 4.31. The van der Waals surface area contributed by atoms with E-state index in [9.17, 15) is 4.79 Å². The number of aliphatic hydroxyl groups is 1. The molecule has 1 aromatic rings. The minimum absolute atomic E-state index is 0.195. The molecule has 1 aliphatic rings. The van der Waals surface area contributed by atoms with Crippen molar-refractivity contribution in [1.29, 1.82) is 0 Å². The van der Waals surface area contributed by atoms with E-state index in [1.165, 1.54) is 6.20 Å². The van der Waals surface area contributed by atoms with Crippen LogP contribution in [0.3, 0.4) is 0 Å². The molecule has 17 heavy (non-hydrogen) atoms. The Labute approximate surface area is 99.7 Å². The van der Waals surface area contributed by atoms with Crippen LogP contribution in [0.15, 0.2) is 18.5 Å². The molecule has 2 rings (SSSR count). The van der Waals surface area contributed by atoms with Crippen molar-refractivity contribution < 1.29 is 15.0 Å². The van der Waals surface area contributed by atoms with Gasteiger partial charge in [0.25, 0.3) is 0 Å². The normalized spacial score (nSPS) is 19.6. The van der Waals surface area contributed by atoms with Crippen LogP contribution in [0.5, 0.6) is 0 Å². The van der Waals surface area contributed by atoms with E-state index in [2.05, 4.69) is 9.88 Å². The first kappa shape index (κ1) is 11.9. The predicted molar refractivity (Wildman–Crippen MR) is 63.2 cm³/mol. The SMILES string of the molecule is O=C(O)c1cnccc1N1CCC(CCO)C1. The quantitative estimate of drug-likeness (QED) is 0.815. The number of carboxylic acids is 1. The molecule has 0 aliphatic carbocycles. The van der Waals surface area contributed by atoms with Crippen molar-refractivity contribution in [2.24, 2.45) is 5.92 Å². The highest BCUT2D eigenvalue weighted by Crippen LogP contribution is 2.27. The first-order valence-corrected chi connectivity index (χ1v) is 5.75. The Bertz CT molecular complexity index is 408. The van der Waals surface area contributed by atoms with Crippen LogP contribution in [-0.4, -0.2) is 40.9 Å². The third kappa shape index (κ3) is 2.55. The zero-order chi connectivity index (χ0) is 12.3. The molecule has 0 saturated carbocycles. The van der Waals surface area contributed by atoms with Crippen LogP contribution in [0.1, 0.15) is 23.2 Å². The summed E-state index contributed by atoms with van der Waals surface area (Å²) in [5.41, 5.74) is 0.977. The molecule has 2 N–H and O–H groups in total. The minimum Gasteiger partial charge on any atom is -0.478 e. The van der Waals surface area contributed by atoms with E-state index in [0.29, 0.717) is 5.92 Å². The zero-order valence-electron chi connectivity index (χ0n) is 9.54. The topological polar surface area (TPSA) is 73.7 Å². The summed E-state index contributed by atoms with van der Waals surface area (Å²) in [7, 11) is 0. The Morgan fingerprint density at radius 2 is 2.41 bits per heavy atom. The van der Waals surface area contributed by atoms with E-state index < -0.39 is 5.97 Å². The lowest BCUT2D eigenvalue weighted by molar-refractivity contribution is 0.0697. The van der Waals surface area contributed by atoms with Crippen molar-refractivity contribution in [2.75, 3.05) is 24.6 Å². The fourth-order valence-corrected chi connectivity index (χ4v) is 2.30. The smallest absolute Gasteiger partial charge is 0.339 e. The Kier molecular flexibility index (Phi) is 3.58. The van der Waals surface area contributed by atoms with E-state index in [4.69, 9.17) is 10.2 Å². The number of aromatic carboxylic acids is 1. The largest absolute Gasteiger partial charge is 0.478 e. The van der Waals surface area contributed by atoms with Crippen molar-refractivity contribution in [2.45, 2.75) is 12.8 Å². The van der Waals surface area contributed by atoms with Gasteiger partial charge in [-0.1, -0.05) is 0 Å².